The van der Waals surface area contributed by atoms with Crippen molar-refractivity contribution >= 4 is 36.6 Å². The Balaban J connectivity index is -0.000000114. The molecule has 0 fully saturated rings. The minimum Gasteiger partial charge on any atom is -0.907 e. The number of carbonyl (C=O) groups is 2. The van der Waals surface area contributed by atoms with E-state index in [1.54, 1.807) is 0 Å². The number of rotatable bonds is 0. The molecule has 0 radical (unpaired) electrons. The van der Waals surface area contributed by atoms with Gasteiger partial charge in [0.15, 0.2) is 0 Å². The molecule has 0 aliphatic rings. The number of aliphatic carboxylic acids is 2. The zero-order chi connectivity index (χ0) is 8.73. The van der Waals surface area contributed by atoms with E-state index >= 15 is 0 Å². The molecular formula is C2H2AlBO7. The van der Waals surface area contributed by atoms with Crippen LogP contribution in [0.25, 0.3) is 0 Å². The molecule has 11 heavy (non-hydrogen) atoms. The molecule has 0 aromatic heterocycles. The molecule has 0 bridgehead atoms. The van der Waals surface area contributed by atoms with Crippen molar-refractivity contribution < 1.29 is 34.9 Å². The van der Waals surface area contributed by atoms with Crippen LogP contribution >= 0.6 is 0 Å². The zero-order valence-electron chi connectivity index (χ0n) is 5.09. The summed E-state index contributed by atoms with van der Waals surface area (Å²) < 4.78 is 0. The fourth-order valence-electron chi connectivity index (χ4n) is 0. The van der Waals surface area contributed by atoms with Gasteiger partial charge in [-0.3, -0.25) is 7.32 Å². The minimum atomic E-state index is -2.92. The van der Waals surface area contributed by atoms with E-state index in [9.17, 15) is 0 Å². The van der Waals surface area contributed by atoms with Crippen LogP contribution in [-0.2, 0) is 9.59 Å². The Bertz CT molecular complexity index is 109. The molecule has 7 nitrogen and oxygen atoms in total. The molecule has 0 rings (SSSR count). The van der Waals surface area contributed by atoms with E-state index in [1.807, 2.05) is 0 Å². The van der Waals surface area contributed by atoms with E-state index < -0.39 is 19.3 Å². The van der Waals surface area contributed by atoms with Crippen molar-refractivity contribution in [3.05, 3.63) is 0 Å². The van der Waals surface area contributed by atoms with Crippen LogP contribution in [0.5, 0.6) is 0 Å². The van der Waals surface area contributed by atoms with E-state index in [0.29, 0.717) is 0 Å². The maximum absolute atomic E-state index is 9.10. The molecular weight excluding hydrogens is 174 g/mol. The van der Waals surface area contributed by atoms with Crippen molar-refractivity contribution in [2.45, 2.75) is 0 Å². The third kappa shape index (κ3) is 44.4. The summed E-state index contributed by atoms with van der Waals surface area (Å²) in [5.74, 6) is -3.65. The van der Waals surface area contributed by atoms with Gasteiger partial charge in [-0.2, -0.15) is 0 Å². The van der Waals surface area contributed by atoms with Crippen molar-refractivity contribution in [1.29, 1.82) is 0 Å². The maximum Gasteiger partial charge on any atom is 3.00 e. The Labute approximate surface area is 72.2 Å². The standard InChI is InChI=1S/C2H2O4.Al.BO3/c3-1(4)2(5)6;;2-1(3)4/h(H,3,4)(H,5,6);;/q;+3;-3. The van der Waals surface area contributed by atoms with Gasteiger partial charge in [0.1, 0.15) is 0 Å². The molecule has 0 amide bonds. The van der Waals surface area contributed by atoms with Crippen LogP contribution < -0.4 is 15.1 Å². The van der Waals surface area contributed by atoms with Gasteiger partial charge in [0.05, 0.1) is 0 Å². The number of hydrogen-bond acceptors (Lipinski definition) is 5. The quantitative estimate of drug-likeness (QED) is 0.277. The first kappa shape index (κ1) is 16.8. The van der Waals surface area contributed by atoms with Crippen LogP contribution in [0.2, 0.25) is 0 Å². The van der Waals surface area contributed by atoms with Crippen LogP contribution in [-0.4, -0.2) is 46.8 Å². The summed E-state index contributed by atoms with van der Waals surface area (Å²) in [6.45, 7) is 0. The molecule has 0 aromatic carbocycles. The second kappa shape index (κ2) is 9.42. The normalized spacial score (nSPS) is 6.45. The van der Waals surface area contributed by atoms with Crippen molar-refractivity contribution in [2.75, 3.05) is 0 Å². The van der Waals surface area contributed by atoms with Crippen LogP contribution in [0, 0.1) is 0 Å². The van der Waals surface area contributed by atoms with Crippen LogP contribution in [0.3, 0.4) is 0 Å². The smallest absolute Gasteiger partial charge is 0.907 e. The van der Waals surface area contributed by atoms with E-state index in [4.69, 9.17) is 34.9 Å². The van der Waals surface area contributed by atoms with E-state index in [1.165, 1.54) is 0 Å². The third-order valence-corrected chi connectivity index (χ3v) is 0.183. The molecule has 0 aliphatic heterocycles. The second-order valence-corrected chi connectivity index (χ2v) is 0.899. The molecule has 58 valence electrons. The summed E-state index contributed by atoms with van der Waals surface area (Å²) in [4.78, 5) is 18.2. The number of hydrogen-bond donors (Lipinski definition) is 2. The Kier molecular flexibility index (Phi) is 14.4. The van der Waals surface area contributed by atoms with E-state index in [-0.39, 0.29) is 17.4 Å². The summed E-state index contributed by atoms with van der Waals surface area (Å²) in [6, 6.07) is 0. The Morgan fingerprint density at radius 2 is 1.09 bits per heavy atom. The van der Waals surface area contributed by atoms with Gasteiger partial charge in [-0.1, -0.05) is 0 Å². The van der Waals surface area contributed by atoms with Gasteiger partial charge >= 0.3 is 29.3 Å². The van der Waals surface area contributed by atoms with Crippen LogP contribution in [0.1, 0.15) is 0 Å². The Morgan fingerprint density at radius 3 is 1.09 bits per heavy atom. The third-order valence-electron chi connectivity index (χ3n) is 0.183. The number of carboxylic acid groups (broad SMARTS) is 2. The largest absolute Gasteiger partial charge is 3.00 e. The topological polar surface area (TPSA) is 144 Å². The van der Waals surface area contributed by atoms with Gasteiger partial charge in [-0.15, -0.1) is 0 Å². The first-order valence-corrected chi connectivity index (χ1v) is 1.81. The SMILES string of the molecule is O=C(O)C(=O)O.[Al+3].[O-]B([O-])[O-]. The second-order valence-electron chi connectivity index (χ2n) is 0.899. The summed E-state index contributed by atoms with van der Waals surface area (Å²) in [6.07, 6.45) is 0. The van der Waals surface area contributed by atoms with Crippen molar-refractivity contribution in [3.8, 4) is 0 Å². The summed E-state index contributed by atoms with van der Waals surface area (Å²) in [5, 5.41) is 40.0. The van der Waals surface area contributed by atoms with Gasteiger partial charge in [-0.25, -0.2) is 9.59 Å². The molecule has 2 N–H and O–H groups in total. The molecule has 0 atom stereocenters. The molecule has 0 unspecified atom stereocenters. The molecule has 0 aliphatic carbocycles. The van der Waals surface area contributed by atoms with Gasteiger partial charge in [0.25, 0.3) is 0 Å². The molecule has 0 saturated carbocycles. The first-order chi connectivity index (χ1) is 4.37. The van der Waals surface area contributed by atoms with E-state index in [0.717, 1.165) is 0 Å². The van der Waals surface area contributed by atoms with Gasteiger partial charge in [0, 0.05) is 0 Å². The summed E-state index contributed by atoms with van der Waals surface area (Å²) in [7, 11) is -2.92. The van der Waals surface area contributed by atoms with Gasteiger partial charge in [-0.05, 0) is 0 Å². The van der Waals surface area contributed by atoms with Crippen molar-refractivity contribution in [3.63, 3.8) is 0 Å². The molecule has 0 saturated heterocycles. The number of carboxylic acids is 2. The molecule has 9 heteroatoms. The maximum atomic E-state index is 9.10. The Morgan fingerprint density at radius 1 is 1.00 bits per heavy atom. The predicted octanol–water partition coefficient (Wildman–Crippen LogP) is -5.17. The summed E-state index contributed by atoms with van der Waals surface area (Å²) in [5.41, 5.74) is 0. The summed E-state index contributed by atoms with van der Waals surface area (Å²) >= 11 is 0. The fourth-order valence-corrected chi connectivity index (χ4v) is 0. The van der Waals surface area contributed by atoms with Crippen molar-refractivity contribution in [2.24, 2.45) is 0 Å². The molecule has 0 spiro atoms. The first-order valence-electron chi connectivity index (χ1n) is 1.81. The average Bonchev–Trinajstić information content (AvgIpc) is 1.63. The zero-order valence-corrected chi connectivity index (χ0v) is 6.25. The predicted molar refractivity (Wildman–Crippen MR) is 26.8 cm³/mol. The van der Waals surface area contributed by atoms with Crippen molar-refractivity contribution in [1.82, 2.24) is 0 Å². The molecule has 0 aromatic rings. The Hall–Kier alpha value is -0.583. The van der Waals surface area contributed by atoms with Gasteiger partial charge < -0.3 is 25.3 Å². The van der Waals surface area contributed by atoms with Crippen LogP contribution in [0.15, 0.2) is 0 Å². The average molecular weight is 176 g/mol. The minimum absolute atomic E-state index is 0. The fraction of sp³-hybridized carbons (Fsp3) is 0. The van der Waals surface area contributed by atoms with E-state index in [2.05, 4.69) is 0 Å². The monoisotopic (exact) mass is 176 g/mol. The van der Waals surface area contributed by atoms with Crippen LogP contribution in [0.4, 0.5) is 0 Å². The molecule has 0 heterocycles. The van der Waals surface area contributed by atoms with Gasteiger partial charge in [0.2, 0.25) is 0 Å².